The fourth-order valence-electron chi connectivity index (χ4n) is 2.23. The highest BCUT2D eigenvalue weighted by Crippen LogP contribution is 2.45. The number of rotatable bonds is 0. The molecule has 2 aromatic rings. The monoisotopic (exact) mass is 286 g/mol. The highest BCUT2D eigenvalue weighted by Gasteiger charge is 2.45. The van der Waals surface area contributed by atoms with Crippen molar-refractivity contribution in [1.29, 1.82) is 0 Å². The van der Waals surface area contributed by atoms with E-state index in [9.17, 15) is 18.0 Å². The van der Waals surface area contributed by atoms with E-state index in [2.05, 4.69) is 0 Å². The van der Waals surface area contributed by atoms with Crippen molar-refractivity contribution >= 4 is 22.7 Å². The molecule has 2 nitrogen and oxygen atoms in total. The van der Waals surface area contributed by atoms with Gasteiger partial charge >= 0.3 is 11.8 Å². The van der Waals surface area contributed by atoms with Crippen LogP contribution in [-0.4, -0.2) is 11.4 Å². The molecule has 6 heteroatoms. The molecule has 0 N–H and O–H groups in total. The van der Waals surface area contributed by atoms with Crippen molar-refractivity contribution in [2.45, 2.75) is 29.7 Å². The van der Waals surface area contributed by atoms with E-state index in [-0.39, 0.29) is 11.3 Å². The molecular weight excluding hydrogens is 277 g/mol. The van der Waals surface area contributed by atoms with Crippen molar-refractivity contribution < 1.29 is 17.6 Å². The van der Waals surface area contributed by atoms with Crippen molar-refractivity contribution in [3.8, 4) is 0 Å². The van der Waals surface area contributed by atoms with Crippen LogP contribution in [0.2, 0.25) is 0 Å². The Hall–Kier alpha value is -1.43. The van der Waals surface area contributed by atoms with Crippen molar-refractivity contribution in [3.63, 3.8) is 0 Å². The van der Waals surface area contributed by atoms with Crippen LogP contribution >= 0.6 is 11.8 Å². The van der Waals surface area contributed by atoms with E-state index in [1.54, 1.807) is 18.2 Å². The summed E-state index contributed by atoms with van der Waals surface area (Å²) in [5, 5.41) is -0.953. The summed E-state index contributed by atoms with van der Waals surface area (Å²) < 4.78 is 43.4. The van der Waals surface area contributed by atoms with Gasteiger partial charge in [-0.3, -0.25) is 0 Å². The van der Waals surface area contributed by atoms with Crippen molar-refractivity contribution in [1.82, 2.24) is 0 Å². The first-order valence-electron chi connectivity index (χ1n) is 5.66. The second kappa shape index (κ2) is 4.03. The summed E-state index contributed by atoms with van der Waals surface area (Å²) in [7, 11) is 0. The molecule has 1 aliphatic heterocycles. The zero-order valence-electron chi connectivity index (χ0n) is 9.88. The normalized spacial score (nSPS) is 18.8. The standard InChI is InChI=1S/C13H9F3O2S/c1-6-2-3-9-7(4-6)8-5-10(13(14,15)16)19-11(8)12(17)18-9/h2-4,10H,5H2,1H3/t10-/m1/s1. The van der Waals surface area contributed by atoms with Crippen LogP contribution in [-0.2, 0) is 6.42 Å². The Morgan fingerprint density at radius 3 is 2.79 bits per heavy atom. The summed E-state index contributed by atoms with van der Waals surface area (Å²) in [4.78, 5) is 11.8. The number of fused-ring (bicyclic) bond motifs is 3. The zero-order valence-corrected chi connectivity index (χ0v) is 10.7. The van der Waals surface area contributed by atoms with Gasteiger partial charge in [0, 0.05) is 5.39 Å². The van der Waals surface area contributed by atoms with Gasteiger partial charge < -0.3 is 4.42 Å². The van der Waals surface area contributed by atoms with Crippen LogP contribution in [0.25, 0.3) is 11.0 Å². The van der Waals surface area contributed by atoms with E-state index in [4.69, 9.17) is 4.42 Å². The molecule has 100 valence electrons. The Labute approximate surface area is 110 Å². The molecule has 0 bridgehead atoms. The third-order valence-electron chi connectivity index (χ3n) is 3.14. The minimum atomic E-state index is -4.31. The Balaban J connectivity index is 2.23. The topological polar surface area (TPSA) is 30.2 Å². The minimum absolute atomic E-state index is 0.0976. The average molecular weight is 286 g/mol. The second-order valence-electron chi connectivity index (χ2n) is 4.55. The van der Waals surface area contributed by atoms with E-state index in [1.165, 1.54) is 0 Å². The van der Waals surface area contributed by atoms with Gasteiger partial charge in [0.05, 0.1) is 4.90 Å². The zero-order chi connectivity index (χ0) is 13.8. The van der Waals surface area contributed by atoms with E-state index >= 15 is 0 Å². The van der Waals surface area contributed by atoms with Gasteiger partial charge in [0.1, 0.15) is 10.8 Å². The van der Waals surface area contributed by atoms with Crippen LogP contribution in [0.1, 0.15) is 11.1 Å². The van der Waals surface area contributed by atoms with E-state index in [0.717, 1.165) is 5.56 Å². The molecule has 0 saturated carbocycles. The molecular formula is C13H9F3O2S. The van der Waals surface area contributed by atoms with Gasteiger partial charge in [-0.15, -0.1) is 11.8 Å². The maximum atomic E-state index is 12.8. The lowest BCUT2D eigenvalue weighted by Gasteiger charge is -2.11. The van der Waals surface area contributed by atoms with E-state index in [0.29, 0.717) is 28.3 Å². The fourth-order valence-corrected chi connectivity index (χ4v) is 3.38. The third kappa shape index (κ3) is 2.04. The summed E-state index contributed by atoms with van der Waals surface area (Å²) in [6.45, 7) is 1.85. The number of aryl methyl sites for hydroxylation is 1. The lowest BCUT2D eigenvalue weighted by atomic mass is 10.0. The quantitative estimate of drug-likeness (QED) is 0.692. The molecule has 3 rings (SSSR count). The molecule has 0 saturated heterocycles. The second-order valence-corrected chi connectivity index (χ2v) is 5.76. The number of halogens is 3. The molecule has 1 aromatic heterocycles. The summed E-state index contributed by atoms with van der Waals surface area (Å²) in [5.41, 5.74) is 1.05. The third-order valence-corrected chi connectivity index (χ3v) is 4.50. The van der Waals surface area contributed by atoms with Gasteiger partial charge in [-0.1, -0.05) is 11.6 Å². The Morgan fingerprint density at radius 1 is 1.37 bits per heavy atom. The summed E-state index contributed by atoms with van der Waals surface area (Å²) >= 11 is 0.559. The lowest BCUT2D eigenvalue weighted by Crippen LogP contribution is -2.24. The smallest absolute Gasteiger partial charge is 0.401 e. The molecule has 2 heterocycles. The van der Waals surface area contributed by atoms with Crippen molar-refractivity contribution in [3.05, 3.63) is 39.7 Å². The lowest BCUT2D eigenvalue weighted by molar-refractivity contribution is -0.127. The average Bonchev–Trinajstić information content (AvgIpc) is 2.76. The van der Waals surface area contributed by atoms with Crippen LogP contribution in [0.4, 0.5) is 13.2 Å². The largest absolute Gasteiger partial charge is 0.422 e. The van der Waals surface area contributed by atoms with Gasteiger partial charge in [0.15, 0.2) is 0 Å². The first-order chi connectivity index (χ1) is 8.86. The Morgan fingerprint density at radius 2 is 2.11 bits per heavy atom. The molecule has 0 amide bonds. The van der Waals surface area contributed by atoms with Crippen molar-refractivity contribution in [2.75, 3.05) is 0 Å². The predicted molar refractivity (Wildman–Crippen MR) is 66.6 cm³/mol. The molecule has 0 unspecified atom stereocenters. The number of benzene rings is 1. The molecule has 1 atom stereocenters. The molecule has 0 spiro atoms. The van der Waals surface area contributed by atoms with Gasteiger partial charge in [-0.05, 0) is 31.0 Å². The van der Waals surface area contributed by atoms with Crippen LogP contribution in [0.3, 0.4) is 0 Å². The number of thioether (sulfide) groups is 1. The minimum Gasteiger partial charge on any atom is -0.422 e. The first-order valence-corrected chi connectivity index (χ1v) is 6.54. The maximum absolute atomic E-state index is 12.8. The molecule has 0 fully saturated rings. The van der Waals surface area contributed by atoms with Crippen LogP contribution in [0.15, 0.2) is 32.3 Å². The molecule has 0 radical (unpaired) electrons. The Bertz CT molecular complexity index is 718. The van der Waals surface area contributed by atoms with E-state index < -0.39 is 17.1 Å². The maximum Gasteiger partial charge on any atom is 0.401 e. The summed E-state index contributed by atoms with van der Waals surface area (Å²) in [5.74, 6) is 0. The number of hydrogen-bond donors (Lipinski definition) is 0. The molecule has 19 heavy (non-hydrogen) atoms. The van der Waals surface area contributed by atoms with Gasteiger partial charge in [-0.2, -0.15) is 13.2 Å². The van der Waals surface area contributed by atoms with Gasteiger partial charge in [-0.25, -0.2) is 4.79 Å². The van der Waals surface area contributed by atoms with Gasteiger partial charge in [0.2, 0.25) is 0 Å². The fraction of sp³-hybridized carbons (Fsp3) is 0.308. The SMILES string of the molecule is Cc1ccc2oc(=O)c3c(c2c1)C[C@H](C(F)(F)F)S3. The molecule has 0 aliphatic carbocycles. The van der Waals surface area contributed by atoms with Crippen LogP contribution in [0, 0.1) is 6.92 Å². The first kappa shape index (κ1) is 12.6. The molecule has 1 aliphatic rings. The number of hydrogen-bond acceptors (Lipinski definition) is 3. The highest BCUT2D eigenvalue weighted by atomic mass is 32.2. The number of alkyl halides is 3. The van der Waals surface area contributed by atoms with Crippen molar-refractivity contribution in [2.24, 2.45) is 0 Å². The summed E-state index contributed by atoms with van der Waals surface area (Å²) in [6.07, 6.45) is -4.48. The predicted octanol–water partition coefficient (Wildman–Crippen LogP) is 3.68. The van der Waals surface area contributed by atoms with E-state index in [1.807, 2.05) is 6.92 Å². The highest BCUT2D eigenvalue weighted by molar-refractivity contribution is 8.00. The molecule has 1 aromatic carbocycles. The van der Waals surface area contributed by atoms with Gasteiger partial charge in [0.25, 0.3) is 0 Å². The van der Waals surface area contributed by atoms with Crippen LogP contribution < -0.4 is 5.63 Å². The van der Waals surface area contributed by atoms with Crippen LogP contribution in [0.5, 0.6) is 0 Å². The summed E-state index contributed by atoms with van der Waals surface area (Å²) in [6, 6.07) is 5.15. The Kier molecular flexibility index (Phi) is 2.67.